The zero-order valence-corrected chi connectivity index (χ0v) is 12.2. The van der Waals surface area contributed by atoms with Gasteiger partial charge >= 0.3 is 0 Å². The number of carbonyl (C=O) groups is 1. The Balaban J connectivity index is 2.11. The van der Waals surface area contributed by atoms with E-state index < -0.39 is 0 Å². The van der Waals surface area contributed by atoms with Crippen LogP contribution in [0.15, 0.2) is 18.5 Å². The Kier molecular flexibility index (Phi) is 3.42. The molecule has 110 valence electrons. The fourth-order valence-corrected chi connectivity index (χ4v) is 2.65. The van der Waals surface area contributed by atoms with Gasteiger partial charge in [0.15, 0.2) is 11.5 Å². The van der Waals surface area contributed by atoms with Crippen LogP contribution in [-0.4, -0.2) is 34.9 Å². The van der Waals surface area contributed by atoms with Crippen LogP contribution in [-0.2, 0) is 4.79 Å². The maximum atomic E-state index is 11.8. The van der Waals surface area contributed by atoms with Crippen molar-refractivity contribution in [1.82, 2.24) is 14.8 Å². The lowest BCUT2D eigenvalue weighted by Gasteiger charge is -2.25. The van der Waals surface area contributed by atoms with Gasteiger partial charge in [0.1, 0.15) is 6.33 Å². The van der Waals surface area contributed by atoms with Gasteiger partial charge in [0, 0.05) is 11.1 Å². The Bertz CT molecular complexity index is 701. The monoisotopic (exact) mass is 308 g/mol. The van der Waals surface area contributed by atoms with E-state index in [4.69, 9.17) is 21.1 Å². The number of amides is 1. The summed E-state index contributed by atoms with van der Waals surface area (Å²) in [6.45, 7) is 0. The predicted octanol–water partition coefficient (Wildman–Crippen LogP) is 1.88. The number of anilines is 1. The molecule has 0 radical (unpaired) electrons. The number of nitrogens with zero attached hydrogens (tertiary/aromatic N) is 3. The van der Waals surface area contributed by atoms with Gasteiger partial charge in [-0.25, -0.2) is 4.68 Å². The molecule has 2 aromatic rings. The van der Waals surface area contributed by atoms with Crippen molar-refractivity contribution < 1.29 is 14.3 Å². The SMILES string of the molecule is COc1cc(Cl)c(C2CC(=O)Nc3ncnn32)cc1OC. The summed E-state index contributed by atoms with van der Waals surface area (Å²) in [6.07, 6.45) is 1.62. The number of carbonyl (C=O) groups excluding carboxylic acids is 1. The fourth-order valence-electron chi connectivity index (χ4n) is 2.37. The number of nitrogens with one attached hydrogen (secondary N) is 1. The molecule has 1 N–H and O–H groups in total. The van der Waals surface area contributed by atoms with Crippen molar-refractivity contribution in [2.75, 3.05) is 19.5 Å². The summed E-state index contributed by atoms with van der Waals surface area (Å²) in [6, 6.07) is 3.10. The molecule has 1 aromatic carbocycles. The molecule has 7 nitrogen and oxygen atoms in total. The summed E-state index contributed by atoms with van der Waals surface area (Å²) in [5.74, 6) is 1.35. The quantitative estimate of drug-likeness (QED) is 0.936. The number of benzene rings is 1. The van der Waals surface area contributed by atoms with E-state index in [0.717, 1.165) is 5.56 Å². The first-order valence-electron chi connectivity index (χ1n) is 6.24. The van der Waals surface area contributed by atoms with E-state index in [1.165, 1.54) is 13.4 Å². The van der Waals surface area contributed by atoms with E-state index in [9.17, 15) is 4.79 Å². The summed E-state index contributed by atoms with van der Waals surface area (Å²) in [4.78, 5) is 15.8. The molecule has 1 aliphatic heterocycles. The first-order valence-corrected chi connectivity index (χ1v) is 6.62. The number of rotatable bonds is 3. The van der Waals surface area contributed by atoms with Crippen LogP contribution in [0.4, 0.5) is 5.95 Å². The summed E-state index contributed by atoms with van der Waals surface area (Å²) in [5.41, 5.74) is 0.732. The molecule has 1 amide bonds. The molecule has 1 unspecified atom stereocenters. The third-order valence-corrected chi connectivity index (χ3v) is 3.69. The van der Waals surface area contributed by atoms with Crippen LogP contribution in [0, 0.1) is 0 Å². The standard InChI is InChI=1S/C13H13ClN4O3/c1-20-10-3-7(8(14)4-11(10)21-2)9-5-12(19)17-13-15-6-16-18(9)13/h3-4,6,9H,5H2,1-2H3,(H,15,16,17,19). The highest BCUT2D eigenvalue weighted by atomic mass is 35.5. The zero-order valence-electron chi connectivity index (χ0n) is 11.5. The Labute approximate surface area is 125 Å². The lowest BCUT2D eigenvalue weighted by molar-refractivity contribution is -0.117. The Morgan fingerprint density at radius 2 is 2.05 bits per heavy atom. The van der Waals surface area contributed by atoms with Crippen molar-refractivity contribution >= 4 is 23.5 Å². The second-order valence-electron chi connectivity index (χ2n) is 4.53. The van der Waals surface area contributed by atoms with Gasteiger partial charge in [0.2, 0.25) is 11.9 Å². The normalized spacial score (nSPS) is 17.1. The van der Waals surface area contributed by atoms with Crippen LogP contribution in [0.2, 0.25) is 5.02 Å². The summed E-state index contributed by atoms with van der Waals surface area (Å²) >= 11 is 6.32. The number of ether oxygens (including phenoxy) is 2. The van der Waals surface area contributed by atoms with Gasteiger partial charge in [-0.1, -0.05) is 11.6 Å². The number of fused-ring (bicyclic) bond motifs is 1. The van der Waals surface area contributed by atoms with Gasteiger partial charge in [-0.15, -0.1) is 0 Å². The first kappa shape index (κ1) is 13.7. The van der Waals surface area contributed by atoms with Gasteiger partial charge < -0.3 is 9.47 Å². The molecule has 0 bridgehead atoms. The molecule has 2 heterocycles. The van der Waals surface area contributed by atoms with Crippen LogP contribution in [0.5, 0.6) is 11.5 Å². The van der Waals surface area contributed by atoms with Crippen LogP contribution in [0.25, 0.3) is 0 Å². The Morgan fingerprint density at radius 1 is 1.33 bits per heavy atom. The number of halogens is 1. The van der Waals surface area contributed by atoms with E-state index in [1.807, 2.05) is 0 Å². The highest BCUT2D eigenvalue weighted by Crippen LogP contribution is 2.39. The smallest absolute Gasteiger partial charge is 0.229 e. The molecule has 0 saturated heterocycles. The van der Waals surface area contributed by atoms with Gasteiger partial charge in [0.25, 0.3) is 0 Å². The molecule has 3 rings (SSSR count). The van der Waals surface area contributed by atoms with E-state index in [-0.39, 0.29) is 18.4 Å². The molecule has 1 aromatic heterocycles. The second-order valence-corrected chi connectivity index (χ2v) is 4.93. The molecular formula is C13H13ClN4O3. The minimum Gasteiger partial charge on any atom is -0.493 e. The average Bonchev–Trinajstić information content (AvgIpc) is 2.94. The highest BCUT2D eigenvalue weighted by molar-refractivity contribution is 6.31. The van der Waals surface area contributed by atoms with Crippen molar-refractivity contribution in [3.8, 4) is 11.5 Å². The van der Waals surface area contributed by atoms with Gasteiger partial charge in [-0.2, -0.15) is 10.1 Å². The molecule has 1 aliphatic rings. The van der Waals surface area contributed by atoms with E-state index in [1.54, 1.807) is 23.9 Å². The molecule has 0 saturated carbocycles. The van der Waals surface area contributed by atoms with E-state index in [0.29, 0.717) is 22.5 Å². The van der Waals surface area contributed by atoms with Crippen molar-refractivity contribution in [2.24, 2.45) is 0 Å². The van der Waals surface area contributed by atoms with Crippen molar-refractivity contribution in [1.29, 1.82) is 0 Å². The summed E-state index contributed by atoms with van der Waals surface area (Å²) in [5, 5.41) is 7.29. The largest absolute Gasteiger partial charge is 0.493 e. The number of aromatic nitrogens is 3. The summed E-state index contributed by atoms with van der Waals surface area (Å²) in [7, 11) is 3.08. The third-order valence-electron chi connectivity index (χ3n) is 3.36. The zero-order chi connectivity index (χ0) is 15.0. The lowest BCUT2D eigenvalue weighted by atomic mass is 10.0. The second kappa shape index (κ2) is 5.25. The first-order chi connectivity index (χ1) is 10.1. The van der Waals surface area contributed by atoms with Gasteiger partial charge in [-0.05, 0) is 11.6 Å². The molecule has 21 heavy (non-hydrogen) atoms. The van der Waals surface area contributed by atoms with E-state index in [2.05, 4.69) is 15.4 Å². The van der Waals surface area contributed by atoms with Crippen LogP contribution < -0.4 is 14.8 Å². The van der Waals surface area contributed by atoms with Crippen molar-refractivity contribution in [2.45, 2.75) is 12.5 Å². The molecule has 0 aliphatic carbocycles. The van der Waals surface area contributed by atoms with Gasteiger partial charge in [-0.3, -0.25) is 10.1 Å². The highest BCUT2D eigenvalue weighted by Gasteiger charge is 2.30. The van der Waals surface area contributed by atoms with Crippen LogP contribution in [0.1, 0.15) is 18.0 Å². The summed E-state index contributed by atoms with van der Waals surface area (Å²) < 4.78 is 12.1. The molecule has 0 fully saturated rings. The molecular weight excluding hydrogens is 296 g/mol. The Hall–Kier alpha value is -2.28. The van der Waals surface area contributed by atoms with Crippen molar-refractivity contribution in [3.05, 3.63) is 29.0 Å². The Morgan fingerprint density at radius 3 is 2.76 bits per heavy atom. The fraction of sp³-hybridized carbons (Fsp3) is 0.308. The lowest BCUT2D eigenvalue weighted by Crippen LogP contribution is -2.29. The number of hydrogen-bond acceptors (Lipinski definition) is 5. The minimum absolute atomic E-state index is 0.133. The molecule has 0 spiro atoms. The topological polar surface area (TPSA) is 78.3 Å². The van der Waals surface area contributed by atoms with E-state index >= 15 is 0 Å². The minimum atomic E-state index is -0.330. The van der Waals surface area contributed by atoms with Crippen LogP contribution in [0.3, 0.4) is 0 Å². The maximum absolute atomic E-state index is 11.8. The number of hydrogen-bond donors (Lipinski definition) is 1. The maximum Gasteiger partial charge on any atom is 0.229 e. The molecule has 8 heteroatoms. The third kappa shape index (κ3) is 2.29. The van der Waals surface area contributed by atoms with Crippen LogP contribution >= 0.6 is 11.6 Å². The van der Waals surface area contributed by atoms with Crippen molar-refractivity contribution in [3.63, 3.8) is 0 Å². The number of methoxy groups -OCH3 is 2. The predicted molar refractivity (Wildman–Crippen MR) is 76.0 cm³/mol. The van der Waals surface area contributed by atoms with Gasteiger partial charge in [0.05, 0.1) is 26.7 Å². The average molecular weight is 309 g/mol. The molecule has 1 atom stereocenters.